The highest BCUT2D eigenvalue weighted by molar-refractivity contribution is 5.67. The standard InChI is InChI=1S/C17H24O2/c1-17(2)11-5-7-14(12-17)15-8-4-3-6-13(15)9-10-16(18)19/h3-4,6,8,14H,5,7,9-12H2,1-2H3,(H,18,19). The second-order valence-electron chi connectivity index (χ2n) is 6.55. The van der Waals surface area contributed by atoms with E-state index in [1.165, 1.54) is 36.8 Å². The number of hydrogen-bond donors (Lipinski definition) is 1. The summed E-state index contributed by atoms with van der Waals surface area (Å²) in [5.74, 6) is -0.104. The zero-order valence-electron chi connectivity index (χ0n) is 12.0. The Labute approximate surface area is 115 Å². The lowest BCUT2D eigenvalue weighted by Crippen LogP contribution is -2.22. The molecule has 1 N–H and O–H groups in total. The molecule has 2 rings (SSSR count). The minimum atomic E-state index is -0.709. The van der Waals surface area contributed by atoms with Crippen LogP contribution in [0.1, 0.15) is 63.0 Å². The molecule has 1 aliphatic rings. The van der Waals surface area contributed by atoms with Crippen LogP contribution in [-0.2, 0) is 11.2 Å². The molecule has 1 unspecified atom stereocenters. The van der Waals surface area contributed by atoms with Crippen LogP contribution < -0.4 is 0 Å². The number of aryl methyl sites for hydroxylation is 1. The zero-order chi connectivity index (χ0) is 13.9. The fraction of sp³-hybridized carbons (Fsp3) is 0.588. The highest BCUT2D eigenvalue weighted by Gasteiger charge is 2.29. The van der Waals surface area contributed by atoms with Crippen molar-refractivity contribution in [3.05, 3.63) is 35.4 Å². The largest absolute Gasteiger partial charge is 0.481 e. The van der Waals surface area contributed by atoms with E-state index in [2.05, 4.69) is 32.0 Å². The monoisotopic (exact) mass is 260 g/mol. The fourth-order valence-corrected chi connectivity index (χ4v) is 3.37. The highest BCUT2D eigenvalue weighted by atomic mass is 16.4. The quantitative estimate of drug-likeness (QED) is 0.871. The number of carboxylic acid groups (broad SMARTS) is 1. The maximum atomic E-state index is 10.8. The summed E-state index contributed by atoms with van der Waals surface area (Å²) in [7, 11) is 0. The fourth-order valence-electron chi connectivity index (χ4n) is 3.37. The third-order valence-corrected chi connectivity index (χ3v) is 4.31. The summed E-state index contributed by atoms with van der Waals surface area (Å²) in [6.07, 6.45) is 5.94. The van der Waals surface area contributed by atoms with E-state index in [0.29, 0.717) is 17.8 Å². The predicted octanol–water partition coefficient (Wildman–Crippen LogP) is 4.39. The summed E-state index contributed by atoms with van der Waals surface area (Å²) in [6.45, 7) is 4.69. The van der Waals surface area contributed by atoms with Gasteiger partial charge in [-0.05, 0) is 48.1 Å². The second-order valence-corrected chi connectivity index (χ2v) is 6.55. The molecule has 0 aliphatic heterocycles. The third kappa shape index (κ3) is 3.82. The summed E-state index contributed by atoms with van der Waals surface area (Å²) < 4.78 is 0. The molecule has 2 nitrogen and oxygen atoms in total. The summed E-state index contributed by atoms with van der Waals surface area (Å²) in [5, 5.41) is 8.86. The van der Waals surface area contributed by atoms with Crippen molar-refractivity contribution in [1.82, 2.24) is 0 Å². The van der Waals surface area contributed by atoms with E-state index < -0.39 is 5.97 Å². The first-order valence-corrected chi connectivity index (χ1v) is 7.27. The van der Waals surface area contributed by atoms with Crippen LogP contribution in [0.2, 0.25) is 0 Å². The van der Waals surface area contributed by atoms with Gasteiger partial charge in [-0.25, -0.2) is 0 Å². The topological polar surface area (TPSA) is 37.3 Å². The Hall–Kier alpha value is -1.31. The summed E-state index contributed by atoms with van der Waals surface area (Å²) >= 11 is 0. The molecule has 104 valence electrons. The van der Waals surface area contributed by atoms with Crippen LogP contribution in [0.3, 0.4) is 0 Å². The maximum Gasteiger partial charge on any atom is 0.303 e. The van der Waals surface area contributed by atoms with Gasteiger partial charge in [-0.3, -0.25) is 4.79 Å². The van der Waals surface area contributed by atoms with Gasteiger partial charge in [0.1, 0.15) is 0 Å². The van der Waals surface area contributed by atoms with Gasteiger partial charge < -0.3 is 5.11 Å². The molecule has 0 saturated heterocycles. The van der Waals surface area contributed by atoms with E-state index in [1.54, 1.807) is 0 Å². The van der Waals surface area contributed by atoms with Crippen molar-refractivity contribution >= 4 is 5.97 Å². The van der Waals surface area contributed by atoms with E-state index in [-0.39, 0.29) is 6.42 Å². The molecule has 1 fully saturated rings. The first-order valence-electron chi connectivity index (χ1n) is 7.27. The number of carboxylic acids is 1. The first-order chi connectivity index (χ1) is 8.98. The van der Waals surface area contributed by atoms with Crippen molar-refractivity contribution < 1.29 is 9.90 Å². The van der Waals surface area contributed by atoms with Crippen LogP contribution in [-0.4, -0.2) is 11.1 Å². The normalized spacial score (nSPS) is 22.1. The van der Waals surface area contributed by atoms with Gasteiger partial charge in [0.15, 0.2) is 0 Å². The molecule has 1 atom stereocenters. The third-order valence-electron chi connectivity index (χ3n) is 4.31. The van der Waals surface area contributed by atoms with Crippen LogP contribution in [0, 0.1) is 5.41 Å². The Bertz CT molecular complexity index is 448. The number of benzene rings is 1. The maximum absolute atomic E-state index is 10.8. The zero-order valence-corrected chi connectivity index (χ0v) is 12.0. The van der Waals surface area contributed by atoms with Gasteiger partial charge in [-0.2, -0.15) is 0 Å². The van der Waals surface area contributed by atoms with Crippen molar-refractivity contribution in [1.29, 1.82) is 0 Å². The number of hydrogen-bond acceptors (Lipinski definition) is 1. The molecule has 0 spiro atoms. The SMILES string of the molecule is CC1(C)CCCC(c2ccccc2CCC(=O)O)C1. The lowest BCUT2D eigenvalue weighted by atomic mass is 9.69. The molecular formula is C17H24O2. The van der Waals surface area contributed by atoms with E-state index in [9.17, 15) is 4.79 Å². The number of aliphatic carboxylic acids is 1. The Morgan fingerprint density at radius 3 is 2.79 bits per heavy atom. The first kappa shape index (κ1) is 14.1. The molecule has 2 heteroatoms. The summed E-state index contributed by atoms with van der Waals surface area (Å²) in [5.41, 5.74) is 3.03. The molecule has 1 aliphatic carbocycles. The molecule has 0 bridgehead atoms. The van der Waals surface area contributed by atoms with Gasteiger partial charge in [0.25, 0.3) is 0 Å². The molecule has 0 radical (unpaired) electrons. The van der Waals surface area contributed by atoms with E-state index in [4.69, 9.17) is 5.11 Å². The summed E-state index contributed by atoms with van der Waals surface area (Å²) in [6, 6.07) is 8.40. The van der Waals surface area contributed by atoms with Crippen LogP contribution in [0.25, 0.3) is 0 Å². The molecule has 1 saturated carbocycles. The Balaban J connectivity index is 2.16. The van der Waals surface area contributed by atoms with Gasteiger partial charge in [-0.1, -0.05) is 44.5 Å². The van der Waals surface area contributed by atoms with Gasteiger partial charge in [0, 0.05) is 6.42 Å². The second kappa shape index (κ2) is 5.77. The minimum Gasteiger partial charge on any atom is -0.481 e. The van der Waals surface area contributed by atoms with Gasteiger partial charge in [0.05, 0.1) is 0 Å². The van der Waals surface area contributed by atoms with Crippen molar-refractivity contribution in [3.8, 4) is 0 Å². The molecule has 0 aromatic heterocycles. The van der Waals surface area contributed by atoms with E-state index in [1.807, 2.05) is 6.07 Å². The lowest BCUT2D eigenvalue weighted by molar-refractivity contribution is -0.136. The minimum absolute atomic E-state index is 0.229. The van der Waals surface area contributed by atoms with Gasteiger partial charge >= 0.3 is 5.97 Å². The molecule has 19 heavy (non-hydrogen) atoms. The van der Waals surface area contributed by atoms with E-state index >= 15 is 0 Å². The van der Waals surface area contributed by atoms with Crippen molar-refractivity contribution in [2.24, 2.45) is 5.41 Å². The molecular weight excluding hydrogens is 236 g/mol. The Morgan fingerprint density at radius 2 is 2.11 bits per heavy atom. The molecule has 1 aromatic carbocycles. The highest BCUT2D eigenvalue weighted by Crippen LogP contribution is 2.44. The summed E-state index contributed by atoms with van der Waals surface area (Å²) in [4.78, 5) is 10.8. The van der Waals surface area contributed by atoms with Crippen molar-refractivity contribution in [3.63, 3.8) is 0 Å². The van der Waals surface area contributed by atoms with E-state index in [0.717, 1.165) is 0 Å². The van der Waals surface area contributed by atoms with Gasteiger partial charge in [0.2, 0.25) is 0 Å². The predicted molar refractivity (Wildman–Crippen MR) is 77.4 cm³/mol. The molecule has 0 amide bonds. The number of carbonyl (C=O) groups is 1. The molecule has 0 heterocycles. The van der Waals surface area contributed by atoms with Crippen molar-refractivity contribution in [2.75, 3.05) is 0 Å². The van der Waals surface area contributed by atoms with Crippen LogP contribution >= 0.6 is 0 Å². The van der Waals surface area contributed by atoms with Crippen LogP contribution in [0.5, 0.6) is 0 Å². The molecule has 1 aromatic rings. The van der Waals surface area contributed by atoms with Crippen LogP contribution in [0.4, 0.5) is 0 Å². The number of rotatable bonds is 4. The van der Waals surface area contributed by atoms with Crippen LogP contribution in [0.15, 0.2) is 24.3 Å². The Kier molecular flexibility index (Phi) is 4.28. The average Bonchev–Trinajstić information content (AvgIpc) is 2.35. The van der Waals surface area contributed by atoms with Gasteiger partial charge in [-0.15, -0.1) is 0 Å². The lowest BCUT2D eigenvalue weighted by Gasteiger charge is -2.36. The Morgan fingerprint density at radius 1 is 1.37 bits per heavy atom. The van der Waals surface area contributed by atoms with Crippen molar-refractivity contribution in [2.45, 2.75) is 58.3 Å². The average molecular weight is 260 g/mol. The smallest absolute Gasteiger partial charge is 0.303 e.